The second-order valence-electron chi connectivity index (χ2n) is 14.9. The predicted molar refractivity (Wildman–Crippen MR) is 250 cm³/mol. The van der Waals surface area contributed by atoms with Crippen LogP contribution >= 0.6 is 68.8 Å². The smallest absolute Gasteiger partial charge is 0.327 e. The minimum atomic E-state index is -0.850. The molecule has 9 nitrogen and oxygen atoms in total. The van der Waals surface area contributed by atoms with Crippen LogP contribution in [0.25, 0.3) is 0 Å². The average Bonchev–Trinajstić information content (AvgIpc) is 4.08. The maximum atomic E-state index is 12.3. The third-order valence-electron chi connectivity index (χ3n) is 11.3. The van der Waals surface area contributed by atoms with Gasteiger partial charge in [-0.1, -0.05) is 89.4 Å². The third-order valence-corrected chi connectivity index (χ3v) is 15.4. The molecule has 0 amide bonds. The molecular weight excluding hydrogens is 905 g/mol. The number of nitrogens with zero attached hydrogens (tertiary/aromatic N) is 3. The summed E-state index contributed by atoms with van der Waals surface area (Å²) < 4.78 is 10.1. The lowest BCUT2D eigenvalue weighted by atomic mass is 10.0. The fourth-order valence-corrected chi connectivity index (χ4v) is 11.7. The normalized spacial score (nSPS) is 16.4. The maximum absolute atomic E-state index is 12.3. The van der Waals surface area contributed by atoms with E-state index in [-0.39, 0.29) is 12.0 Å². The van der Waals surface area contributed by atoms with Crippen LogP contribution in [0.4, 0.5) is 0 Å². The fraction of sp³-hybridized carbons (Fsp3) is 0.298. The number of aliphatic carboxylic acids is 1. The Balaban J connectivity index is 0.000000140. The summed E-state index contributed by atoms with van der Waals surface area (Å²) in [5.74, 6) is -1.11. The molecule has 6 aromatic rings. The molecule has 15 heteroatoms. The predicted octanol–water partition coefficient (Wildman–Crippen LogP) is 10.9. The van der Waals surface area contributed by atoms with Gasteiger partial charge in [-0.15, -0.1) is 34.0 Å². The number of halogens is 3. The standard InChI is InChI=1S/2C16H16ClNO2S.C15H14ClNO2S/c1-20-16(19)15(12-4-2-3-5-13(12)17)18-8-6-11-7-9-21-14(11)10-18;17-14-4-2-1-3-13(14)15(10-20-11-19)18-7-5-16-12(9-18)6-8-21-16;16-12-4-2-1-3-11(12)14(15(18)19)17-7-5-13-10(9-17)6-8-20-13/h2-5,7,9,15H,6,8,10H2,1H3;1-4,6,8,11,15H,5,7,9-10H2;1-4,6,8,14H,5,7,9H2,(H,18,19)/t;15-;14-/m.00/s1. The van der Waals surface area contributed by atoms with Crippen molar-refractivity contribution in [2.45, 2.75) is 57.0 Å². The number of methoxy groups -OCH3 is 1. The molecule has 3 aliphatic rings. The molecule has 62 heavy (non-hydrogen) atoms. The molecule has 0 bridgehead atoms. The number of carboxylic acids is 1. The Bertz CT molecular complexity index is 2460. The van der Waals surface area contributed by atoms with Crippen LogP contribution in [0.2, 0.25) is 15.1 Å². The summed E-state index contributed by atoms with van der Waals surface area (Å²) in [4.78, 5) is 45.2. The van der Waals surface area contributed by atoms with Gasteiger partial charge in [0.15, 0.2) is 0 Å². The molecule has 3 aliphatic heterocycles. The van der Waals surface area contributed by atoms with Crippen molar-refractivity contribution < 1.29 is 29.0 Å². The van der Waals surface area contributed by atoms with Crippen LogP contribution in [0.1, 0.15) is 66.1 Å². The zero-order chi connectivity index (χ0) is 43.6. The zero-order valence-electron chi connectivity index (χ0n) is 34.0. The van der Waals surface area contributed by atoms with Crippen molar-refractivity contribution in [2.24, 2.45) is 0 Å². The van der Waals surface area contributed by atoms with Crippen LogP contribution in [0, 0.1) is 0 Å². The molecule has 1 unspecified atom stereocenters. The van der Waals surface area contributed by atoms with Crippen molar-refractivity contribution >= 4 is 87.2 Å². The molecule has 0 fully saturated rings. The lowest BCUT2D eigenvalue weighted by molar-refractivity contribution is -0.148. The summed E-state index contributed by atoms with van der Waals surface area (Å²) in [5.41, 5.74) is 6.49. The van der Waals surface area contributed by atoms with E-state index in [0.29, 0.717) is 40.3 Å². The van der Waals surface area contributed by atoms with E-state index in [1.165, 1.54) is 38.4 Å². The number of esters is 1. The molecule has 0 spiro atoms. The second-order valence-corrected chi connectivity index (χ2v) is 19.2. The molecule has 6 heterocycles. The molecular formula is C47H46Cl3N3O6S3. The van der Waals surface area contributed by atoms with Crippen LogP contribution < -0.4 is 0 Å². The summed E-state index contributed by atoms with van der Waals surface area (Å²) in [6.45, 7) is 5.66. The molecule has 3 aromatic heterocycles. The molecule has 3 aromatic carbocycles. The first-order valence-corrected chi connectivity index (χ1v) is 23.9. The van der Waals surface area contributed by atoms with Gasteiger partial charge in [0.05, 0.1) is 13.2 Å². The number of ether oxygens (including phenoxy) is 2. The maximum Gasteiger partial charge on any atom is 0.327 e. The van der Waals surface area contributed by atoms with Gasteiger partial charge in [0.25, 0.3) is 6.47 Å². The number of carbonyl (C=O) groups is 3. The van der Waals surface area contributed by atoms with Gasteiger partial charge < -0.3 is 14.6 Å². The van der Waals surface area contributed by atoms with Crippen LogP contribution in [0.3, 0.4) is 0 Å². The van der Waals surface area contributed by atoms with Crippen LogP contribution in [-0.2, 0) is 62.8 Å². The van der Waals surface area contributed by atoms with Crippen molar-refractivity contribution in [2.75, 3.05) is 33.4 Å². The lowest BCUT2D eigenvalue weighted by Gasteiger charge is -2.34. The van der Waals surface area contributed by atoms with E-state index >= 15 is 0 Å². The fourth-order valence-electron chi connectivity index (χ4n) is 8.24. The number of thiophene rings is 3. The molecule has 1 N–H and O–H groups in total. The lowest BCUT2D eigenvalue weighted by Crippen LogP contribution is -2.38. The average molecular weight is 951 g/mol. The van der Waals surface area contributed by atoms with Crippen molar-refractivity contribution in [3.8, 4) is 0 Å². The van der Waals surface area contributed by atoms with E-state index in [2.05, 4.69) is 44.1 Å². The topological polar surface area (TPSA) is 99.6 Å². The number of fused-ring (bicyclic) bond motifs is 3. The van der Waals surface area contributed by atoms with E-state index in [0.717, 1.165) is 63.1 Å². The van der Waals surface area contributed by atoms with Gasteiger partial charge >= 0.3 is 11.9 Å². The van der Waals surface area contributed by atoms with Gasteiger partial charge in [0.1, 0.15) is 18.7 Å². The summed E-state index contributed by atoms with van der Waals surface area (Å²) in [7, 11) is 1.42. The van der Waals surface area contributed by atoms with Gasteiger partial charge in [0, 0.05) is 69.0 Å². The Kier molecular flexibility index (Phi) is 16.3. The van der Waals surface area contributed by atoms with E-state index in [1.807, 2.05) is 76.9 Å². The van der Waals surface area contributed by atoms with Crippen molar-refractivity contribution in [1.29, 1.82) is 0 Å². The first-order valence-electron chi connectivity index (χ1n) is 20.1. The molecule has 9 rings (SSSR count). The third kappa shape index (κ3) is 11.0. The highest BCUT2D eigenvalue weighted by atomic mass is 35.5. The van der Waals surface area contributed by atoms with Gasteiger partial charge in [-0.25, -0.2) is 4.79 Å². The van der Waals surface area contributed by atoms with E-state index in [1.54, 1.807) is 34.8 Å². The van der Waals surface area contributed by atoms with Crippen LogP contribution in [0.5, 0.6) is 0 Å². The summed E-state index contributed by atoms with van der Waals surface area (Å²) >= 11 is 24.1. The Labute approximate surface area is 389 Å². The van der Waals surface area contributed by atoms with Gasteiger partial charge in [0.2, 0.25) is 0 Å². The quantitative estimate of drug-likeness (QED) is 0.101. The number of rotatable bonds is 11. The number of hydrogen-bond acceptors (Lipinski definition) is 11. The molecule has 0 saturated carbocycles. The molecule has 0 aliphatic carbocycles. The summed E-state index contributed by atoms with van der Waals surface area (Å²) in [6, 6.07) is 27.7. The van der Waals surface area contributed by atoms with Crippen molar-refractivity contribution in [3.63, 3.8) is 0 Å². The van der Waals surface area contributed by atoms with Gasteiger partial charge in [-0.3, -0.25) is 24.3 Å². The van der Waals surface area contributed by atoms with Crippen LogP contribution in [-0.4, -0.2) is 71.6 Å². The first-order chi connectivity index (χ1) is 30.2. The molecule has 0 saturated heterocycles. The number of carbonyl (C=O) groups excluding carboxylic acids is 2. The number of benzene rings is 3. The monoisotopic (exact) mass is 949 g/mol. The van der Waals surface area contributed by atoms with Gasteiger partial charge in [-0.05, 0) is 105 Å². The SMILES string of the molecule is COC(=O)C(c1ccccc1Cl)N1CCc2ccsc2C1.O=C(O)[C@H](c1ccccc1Cl)N1CCc2sccc2C1.O=COC[C@@H](c1ccccc1Cl)N1CCc2sccc2C1. The second kappa shape index (κ2) is 22.0. The van der Waals surface area contributed by atoms with E-state index in [9.17, 15) is 19.5 Å². The highest BCUT2D eigenvalue weighted by molar-refractivity contribution is 7.10. The highest BCUT2D eigenvalue weighted by Gasteiger charge is 2.34. The largest absolute Gasteiger partial charge is 0.480 e. The minimum absolute atomic E-state index is 0.00282. The first kappa shape index (κ1) is 45.9. The minimum Gasteiger partial charge on any atom is -0.480 e. The Morgan fingerprint density at radius 1 is 0.629 bits per heavy atom. The Morgan fingerprint density at radius 3 is 1.65 bits per heavy atom. The van der Waals surface area contributed by atoms with Crippen molar-refractivity contribution in [1.82, 2.24) is 14.7 Å². The number of carboxylic acid groups (broad SMARTS) is 1. The van der Waals surface area contributed by atoms with Crippen molar-refractivity contribution in [3.05, 3.63) is 170 Å². The van der Waals surface area contributed by atoms with Gasteiger partial charge in [-0.2, -0.15) is 0 Å². The molecule has 324 valence electrons. The van der Waals surface area contributed by atoms with Crippen LogP contribution in [0.15, 0.2) is 107 Å². The summed E-state index contributed by atoms with van der Waals surface area (Å²) in [6.07, 6.45) is 2.90. The van der Waals surface area contributed by atoms with E-state index < -0.39 is 18.1 Å². The summed E-state index contributed by atoms with van der Waals surface area (Å²) in [5, 5.41) is 17.7. The zero-order valence-corrected chi connectivity index (χ0v) is 38.7. The number of hydrogen-bond donors (Lipinski definition) is 1. The Hall–Kier alpha value is -4.08. The Morgan fingerprint density at radius 2 is 1.10 bits per heavy atom. The van der Waals surface area contributed by atoms with E-state index in [4.69, 9.17) is 44.3 Å². The molecule has 3 atom stereocenters. The highest BCUT2D eigenvalue weighted by Crippen LogP contribution is 2.36. The molecule has 0 radical (unpaired) electrons.